The SMILES string of the molecule is C=CCN(CCC)C(=O)[C@@H]1[C@H]2C(=O)N([C@@H](CO)CC(C)C)C(C(=O)N(CC=C)c3c(C)cccc3C)C23CC[C@H]1S3. The van der Waals surface area contributed by atoms with E-state index in [-0.39, 0.29) is 35.5 Å². The average molecular weight is 582 g/mol. The molecule has 3 aliphatic heterocycles. The number of hydrogen-bond donors (Lipinski definition) is 1. The Hall–Kier alpha value is -2.58. The van der Waals surface area contributed by atoms with Crippen LogP contribution >= 0.6 is 11.8 Å². The maximum absolute atomic E-state index is 14.9. The largest absolute Gasteiger partial charge is 0.394 e. The van der Waals surface area contributed by atoms with Crippen molar-refractivity contribution in [2.75, 3.05) is 31.1 Å². The number of likely N-dealkylation sites (tertiary alicyclic amines) is 1. The summed E-state index contributed by atoms with van der Waals surface area (Å²) in [5.41, 5.74) is 2.78. The number of thioether (sulfide) groups is 1. The van der Waals surface area contributed by atoms with Crippen molar-refractivity contribution < 1.29 is 19.5 Å². The van der Waals surface area contributed by atoms with Gasteiger partial charge >= 0.3 is 0 Å². The normalized spacial score (nSPS) is 27.2. The lowest BCUT2D eigenvalue weighted by Crippen LogP contribution is -2.58. The van der Waals surface area contributed by atoms with Gasteiger partial charge < -0.3 is 19.8 Å². The molecule has 0 aliphatic carbocycles. The van der Waals surface area contributed by atoms with Crippen molar-refractivity contribution in [1.82, 2.24) is 9.80 Å². The molecular formula is C33H47N3O4S. The van der Waals surface area contributed by atoms with Crippen LogP contribution in [0.3, 0.4) is 0 Å². The third-order valence-corrected chi connectivity index (χ3v) is 11.0. The van der Waals surface area contributed by atoms with Gasteiger partial charge in [-0.25, -0.2) is 0 Å². The number of aliphatic hydroxyl groups is 1. The minimum atomic E-state index is -0.776. The van der Waals surface area contributed by atoms with E-state index in [1.165, 1.54) is 0 Å². The fourth-order valence-electron chi connectivity index (χ4n) is 7.59. The van der Waals surface area contributed by atoms with Crippen LogP contribution in [0.25, 0.3) is 0 Å². The summed E-state index contributed by atoms with van der Waals surface area (Å²) in [6.07, 6.45) is 6.33. The molecule has 0 aromatic heterocycles. The van der Waals surface area contributed by atoms with E-state index in [9.17, 15) is 19.5 Å². The highest BCUT2D eigenvalue weighted by Gasteiger charge is 2.74. The Morgan fingerprint density at radius 1 is 1.17 bits per heavy atom. The molecule has 0 saturated carbocycles. The van der Waals surface area contributed by atoms with Gasteiger partial charge in [-0.2, -0.15) is 0 Å². The summed E-state index contributed by atoms with van der Waals surface area (Å²) in [6.45, 7) is 19.0. The molecule has 8 heteroatoms. The molecule has 7 nitrogen and oxygen atoms in total. The first-order valence-corrected chi connectivity index (χ1v) is 15.9. The zero-order valence-electron chi connectivity index (χ0n) is 25.3. The first-order chi connectivity index (χ1) is 19.6. The smallest absolute Gasteiger partial charge is 0.251 e. The lowest BCUT2D eigenvalue weighted by atomic mass is 9.70. The molecule has 1 aromatic carbocycles. The Balaban J connectivity index is 1.85. The zero-order valence-corrected chi connectivity index (χ0v) is 26.2. The standard InChI is InChI=1S/C33H47N3O4S/c1-8-16-34(17-9-2)30(38)26-25-14-15-33(41-25)27(26)31(39)36(24(20-37)19-21(4)5)29(33)32(40)35(18-10-3)28-22(6)12-11-13-23(28)7/h8,10-13,21,24-27,29,37H,1,3,9,14-20H2,2,4-7H3/t24-,25-,26+,27+,29?,33?/m1/s1. The molecular weight excluding hydrogens is 534 g/mol. The number of benzene rings is 1. The van der Waals surface area contributed by atoms with Crippen molar-refractivity contribution in [1.29, 1.82) is 0 Å². The summed E-state index contributed by atoms with van der Waals surface area (Å²) < 4.78 is -0.717. The Kier molecular flexibility index (Phi) is 9.74. The molecule has 1 spiro atoms. The highest BCUT2D eigenvalue weighted by Crippen LogP contribution is 2.67. The van der Waals surface area contributed by atoms with Crippen molar-refractivity contribution in [2.45, 2.75) is 82.4 Å². The number of aliphatic hydroxyl groups excluding tert-OH is 1. The van der Waals surface area contributed by atoms with Crippen LogP contribution in [0.4, 0.5) is 5.69 Å². The summed E-state index contributed by atoms with van der Waals surface area (Å²) in [7, 11) is 0. The number of rotatable bonds is 13. The van der Waals surface area contributed by atoms with Gasteiger partial charge in [0.25, 0.3) is 5.91 Å². The van der Waals surface area contributed by atoms with Crippen molar-refractivity contribution in [2.24, 2.45) is 17.8 Å². The Labute approximate surface area is 250 Å². The Bertz CT molecular complexity index is 1160. The monoisotopic (exact) mass is 581 g/mol. The van der Waals surface area contributed by atoms with Gasteiger partial charge in [-0.3, -0.25) is 14.4 Å². The van der Waals surface area contributed by atoms with Gasteiger partial charge in [-0.05, 0) is 56.6 Å². The topological polar surface area (TPSA) is 81.2 Å². The van der Waals surface area contributed by atoms with Crippen LogP contribution in [0, 0.1) is 31.6 Å². The van der Waals surface area contributed by atoms with E-state index in [0.29, 0.717) is 32.5 Å². The second-order valence-corrected chi connectivity index (χ2v) is 13.9. The third kappa shape index (κ3) is 5.38. The molecule has 3 fully saturated rings. The number of hydrogen-bond acceptors (Lipinski definition) is 5. The van der Waals surface area contributed by atoms with Crippen molar-refractivity contribution in [3.05, 3.63) is 54.6 Å². The van der Waals surface area contributed by atoms with E-state index in [2.05, 4.69) is 27.0 Å². The quantitative estimate of drug-likeness (QED) is 0.340. The number of nitrogens with zero attached hydrogens (tertiary/aromatic N) is 3. The summed E-state index contributed by atoms with van der Waals surface area (Å²) in [5, 5.41) is 10.6. The van der Waals surface area contributed by atoms with Crippen LogP contribution in [-0.4, -0.2) is 80.9 Å². The number of fused-ring (bicyclic) bond motifs is 1. The van der Waals surface area contributed by atoms with Gasteiger partial charge in [0.2, 0.25) is 11.8 Å². The molecule has 2 bridgehead atoms. The number of carbonyl (C=O) groups is 3. The molecule has 4 rings (SSSR count). The van der Waals surface area contributed by atoms with Gasteiger partial charge in [-0.15, -0.1) is 24.9 Å². The lowest BCUT2D eigenvalue weighted by Gasteiger charge is -2.40. The third-order valence-electron chi connectivity index (χ3n) is 9.05. The van der Waals surface area contributed by atoms with Gasteiger partial charge in [-0.1, -0.05) is 51.1 Å². The molecule has 1 N–H and O–H groups in total. The Morgan fingerprint density at radius 3 is 2.39 bits per heavy atom. The minimum Gasteiger partial charge on any atom is -0.394 e. The van der Waals surface area contributed by atoms with E-state index in [1.807, 2.05) is 43.9 Å². The molecule has 3 aliphatic rings. The summed E-state index contributed by atoms with van der Waals surface area (Å²) >= 11 is 1.68. The highest BCUT2D eigenvalue weighted by molar-refractivity contribution is 8.02. The number of aryl methyl sites for hydroxylation is 2. The molecule has 0 radical (unpaired) electrons. The van der Waals surface area contributed by atoms with E-state index in [0.717, 1.165) is 29.7 Å². The number of carbonyl (C=O) groups excluding carboxylic acids is 3. The van der Waals surface area contributed by atoms with Gasteiger partial charge in [0.15, 0.2) is 0 Å². The molecule has 3 amide bonds. The van der Waals surface area contributed by atoms with Crippen molar-refractivity contribution in [3.8, 4) is 0 Å². The van der Waals surface area contributed by atoms with Crippen LogP contribution in [0.15, 0.2) is 43.5 Å². The number of amides is 3. The predicted molar refractivity (Wildman–Crippen MR) is 167 cm³/mol. The fourth-order valence-corrected chi connectivity index (χ4v) is 9.79. The second kappa shape index (κ2) is 12.7. The van der Waals surface area contributed by atoms with Crippen LogP contribution in [-0.2, 0) is 14.4 Å². The Morgan fingerprint density at radius 2 is 1.83 bits per heavy atom. The van der Waals surface area contributed by atoms with E-state index < -0.39 is 28.7 Å². The minimum absolute atomic E-state index is 0.0104. The summed E-state index contributed by atoms with van der Waals surface area (Å²) in [5.74, 6) is -1.20. The van der Waals surface area contributed by atoms with E-state index in [1.54, 1.807) is 33.7 Å². The van der Waals surface area contributed by atoms with Gasteiger partial charge in [0.05, 0.1) is 29.2 Å². The molecule has 41 heavy (non-hydrogen) atoms. The molecule has 224 valence electrons. The van der Waals surface area contributed by atoms with Crippen LogP contribution in [0.1, 0.15) is 57.6 Å². The first kappa shape index (κ1) is 31.4. The summed E-state index contributed by atoms with van der Waals surface area (Å²) in [6, 6.07) is 4.68. The van der Waals surface area contributed by atoms with E-state index >= 15 is 0 Å². The van der Waals surface area contributed by atoms with Crippen LogP contribution in [0.5, 0.6) is 0 Å². The fraction of sp³-hybridized carbons (Fsp3) is 0.606. The number of anilines is 1. The lowest BCUT2D eigenvalue weighted by molar-refractivity contribution is -0.145. The van der Waals surface area contributed by atoms with Crippen molar-refractivity contribution in [3.63, 3.8) is 0 Å². The first-order valence-electron chi connectivity index (χ1n) is 15.1. The van der Waals surface area contributed by atoms with Gasteiger partial charge in [0, 0.05) is 30.6 Å². The number of para-hydroxylation sites is 1. The molecule has 6 atom stereocenters. The zero-order chi connectivity index (χ0) is 30.1. The molecule has 2 unspecified atom stereocenters. The molecule has 1 aromatic rings. The van der Waals surface area contributed by atoms with Crippen molar-refractivity contribution >= 4 is 35.2 Å². The average Bonchev–Trinajstić information content (AvgIpc) is 3.57. The highest BCUT2D eigenvalue weighted by atomic mass is 32.2. The predicted octanol–water partition coefficient (Wildman–Crippen LogP) is 4.75. The molecule has 3 saturated heterocycles. The van der Waals surface area contributed by atoms with Gasteiger partial charge in [0.1, 0.15) is 6.04 Å². The van der Waals surface area contributed by atoms with Crippen LogP contribution < -0.4 is 4.90 Å². The summed E-state index contributed by atoms with van der Waals surface area (Å²) in [4.78, 5) is 48.9. The maximum Gasteiger partial charge on any atom is 0.251 e. The van der Waals surface area contributed by atoms with E-state index in [4.69, 9.17) is 0 Å². The second-order valence-electron chi connectivity index (χ2n) is 12.3. The van der Waals surface area contributed by atoms with Crippen LogP contribution in [0.2, 0.25) is 0 Å². The molecule has 3 heterocycles. The maximum atomic E-state index is 14.9.